The molecule has 3 aromatic rings. The molecule has 0 heterocycles. The number of fused-ring (bicyclic) bond motifs is 1. The number of halogens is 2. The number of anilines is 2. The Labute approximate surface area is 138 Å². The third kappa shape index (κ3) is 2.94. The second kappa shape index (κ2) is 6.11. The maximum absolute atomic E-state index is 13.9. The molecule has 25 heavy (non-hydrogen) atoms. The Kier molecular flexibility index (Phi) is 3.97. The summed E-state index contributed by atoms with van der Waals surface area (Å²) >= 11 is 0. The number of hydrogen-bond acceptors (Lipinski definition) is 5. The Morgan fingerprint density at radius 1 is 0.840 bits per heavy atom. The van der Waals surface area contributed by atoms with E-state index in [1.807, 2.05) is 0 Å². The number of nitro benzene ring substituents is 2. The zero-order chi connectivity index (χ0) is 18.1. The molecule has 9 heteroatoms. The van der Waals surface area contributed by atoms with E-state index in [-0.39, 0.29) is 22.1 Å². The molecule has 0 saturated carbocycles. The summed E-state index contributed by atoms with van der Waals surface area (Å²) in [5.74, 6) is -1.75. The van der Waals surface area contributed by atoms with E-state index < -0.39 is 32.9 Å². The van der Waals surface area contributed by atoms with Gasteiger partial charge in [-0.15, -0.1) is 0 Å². The zero-order valence-electron chi connectivity index (χ0n) is 12.4. The van der Waals surface area contributed by atoms with E-state index in [0.717, 1.165) is 18.2 Å². The Morgan fingerprint density at radius 2 is 1.48 bits per heavy atom. The van der Waals surface area contributed by atoms with Gasteiger partial charge in [-0.1, -0.05) is 18.2 Å². The lowest BCUT2D eigenvalue weighted by Crippen LogP contribution is -2.02. The number of non-ortho nitro benzene ring substituents is 1. The van der Waals surface area contributed by atoms with Crippen molar-refractivity contribution < 1.29 is 18.6 Å². The molecule has 0 aliphatic heterocycles. The van der Waals surface area contributed by atoms with Crippen molar-refractivity contribution in [1.82, 2.24) is 0 Å². The van der Waals surface area contributed by atoms with E-state index in [1.54, 1.807) is 12.1 Å². The van der Waals surface area contributed by atoms with Gasteiger partial charge < -0.3 is 5.32 Å². The first-order chi connectivity index (χ1) is 11.9. The van der Waals surface area contributed by atoms with E-state index in [4.69, 9.17) is 0 Å². The van der Waals surface area contributed by atoms with Crippen LogP contribution in [0.3, 0.4) is 0 Å². The van der Waals surface area contributed by atoms with Crippen LogP contribution in [0.5, 0.6) is 0 Å². The molecule has 0 amide bonds. The van der Waals surface area contributed by atoms with Crippen molar-refractivity contribution in [1.29, 1.82) is 0 Å². The minimum atomic E-state index is -0.947. The molecule has 0 aromatic heterocycles. The summed E-state index contributed by atoms with van der Waals surface area (Å²) in [6.45, 7) is 0. The van der Waals surface area contributed by atoms with E-state index >= 15 is 0 Å². The second-order valence-corrected chi connectivity index (χ2v) is 5.10. The van der Waals surface area contributed by atoms with Crippen molar-refractivity contribution in [2.24, 2.45) is 0 Å². The van der Waals surface area contributed by atoms with Gasteiger partial charge in [0.25, 0.3) is 11.4 Å². The molecule has 3 aromatic carbocycles. The molecule has 126 valence electrons. The second-order valence-electron chi connectivity index (χ2n) is 5.10. The molecule has 0 spiro atoms. The number of rotatable bonds is 4. The quantitative estimate of drug-likeness (QED) is 0.547. The molecular formula is C16H9F2N3O4. The van der Waals surface area contributed by atoms with E-state index in [0.29, 0.717) is 6.07 Å². The minimum Gasteiger partial charge on any atom is -0.347 e. The van der Waals surface area contributed by atoms with Crippen LogP contribution in [0.25, 0.3) is 10.8 Å². The molecular weight excluding hydrogens is 336 g/mol. The fourth-order valence-electron chi connectivity index (χ4n) is 2.49. The summed E-state index contributed by atoms with van der Waals surface area (Å²) in [4.78, 5) is 21.0. The third-order valence-corrected chi connectivity index (χ3v) is 3.59. The highest BCUT2D eigenvalue weighted by atomic mass is 19.1. The number of hydrogen-bond donors (Lipinski definition) is 1. The lowest BCUT2D eigenvalue weighted by atomic mass is 10.0. The molecule has 0 aliphatic rings. The van der Waals surface area contributed by atoms with Gasteiger partial charge in [0.05, 0.1) is 27.0 Å². The maximum Gasteiger partial charge on any atom is 0.300 e. The maximum atomic E-state index is 13.9. The van der Waals surface area contributed by atoms with Gasteiger partial charge in [0, 0.05) is 11.5 Å². The van der Waals surface area contributed by atoms with Gasteiger partial charge in [0.2, 0.25) is 0 Å². The van der Waals surface area contributed by atoms with Crippen LogP contribution >= 0.6 is 0 Å². The van der Waals surface area contributed by atoms with Gasteiger partial charge >= 0.3 is 0 Å². The smallest absolute Gasteiger partial charge is 0.300 e. The van der Waals surface area contributed by atoms with E-state index in [2.05, 4.69) is 5.32 Å². The van der Waals surface area contributed by atoms with E-state index in [1.165, 1.54) is 12.1 Å². The summed E-state index contributed by atoms with van der Waals surface area (Å²) < 4.78 is 26.9. The number of nitrogens with zero attached hydrogens (tertiary/aromatic N) is 2. The highest BCUT2D eigenvalue weighted by Crippen LogP contribution is 2.40. The van der Waals surface area contributed by atoms with Crippen LogP contribution in [0.1, 0.15) is 0 Å². The third-order valence-electron chi connectivity index (χ3n) is 3.59. The fourth-order valence-corrected chi connectivity index (χ4v) is 2.49. The zero-order valence-corrected chi connectivity index (χ0v) is 12.4. The van der Waals surface area contributed by atoms with Gasteiger partial charge in [-0.05, 0) is 18.2 Å². The molecule has 0 unspecified atom stereocenters. The van der Waals surface area contributed by atoms with Gasteiger partial charge in [-0.2, -0.15) is 0 Å². The highest BCUT2D eigenvalue weighted by molar-refractivity contribution is 6.05. The van der Waals surface area contributed by atoms with Gasteiger partial charge in [0.15, 0.2) is 0 Å². The first-order valence-electron chi connectivity index (χ1n) is 6.95. The van der Waals surface area contributed by atoms with Gasteiger partial charge in [0.1, 0.15) is 17.3 Å². The minimum absolute atomic E-state index is 0.114. The van der Waals surface area contributed by atoms with E-state index in [9.17, 15) is 29.0 Å². The molecule has 3 rings (SSSR count). The molecule has 7 nitrogen and oxygen atoms in total. The molecule has 0 fully saturated rings. The Morgan fingerprint density at radius 3 is 2.08 bits per heavy atom. The Hall–Kier alpha value is -3.62. The van der Waals surface area contributed by atoms with Crippen molar-refractivity contribution in [3.05, 3.63) is 80.4 Å². The van der Waals surface area contributed by atoms with Crippen molar-refractivity contribution in [2.75, 3.05) is 5.32 Å². The van der Waals surface area contributed by atoms with Crippen molar-refractivity contribution in [3.63, 3.8) is 0 Å². The predicted octanol–water partition coefficient (Wildman–Crippen LogP) is 4.68. The van der Waals surface area contributed by atoms with Crippen LogP contribution in [0.2, 0.25) is 0 Å². The molecule has 0 aliphatic carbocycles. The van der Waals surface area contributed by atoms with Crippen molar-refractivity contribution >= 4 is 33.5 Å². The van der Waals surface area contributed by atoms with Crippen LogP contribution in [0.15, 0.2) is 48.5 Å². The molecule has 1 N–H and O–H groups in total. The van der Waals surface area contributed by atoms with Crippen LogP contribution in [0.4, 0.5) is 31.5 Å². The van der Waals surface area contributed by atoms with Gasteiger partial charge in [-0.25, -0.2) is 8.78 Å². The summed E-state index contributed by atoms with van der Waals surface area (Å²) in [6, 6.07) is 9.48. The average molecular weight is 345 g/mol. The predicted molar refractivity (Wildman–Crippen MR) is 86.9 cm³/mol. The van der Waals surface area contributed by atoms with Crippen LogP contribution in [0, 0.1) is 31.9 Å². The Balaban J connectivity index is 2.29. The van der Waals surface area contributed by atoms with Crippen LogP contribution in [-0.2, 0) is 0 Å². The SMILES string of the molecule is O=[N+]([O-])c1cc([N+](=O)[O-])c2ccccc2c1Nc1ccc(F)cc1F. The summed E-state index contributed by atoms with van der Waals surface area (Å²) in [7, 11) is 0. The standard InChI is InChI=1S/C16H9F2N3O4/c17-9-5-6-13(12(18)7-9)19-16-11-4-2-1-3-10(11)14(20(22)23)8-15(16)21(24)25/h1-8,19H. The van der Waals surface area contributed by atoms with Crippen LogP contribution < -0.4 is 5.32 Å². The number of nitro groups is 2. The first kappa shape index (κ1) is 16.2. The fraction of sp³-hybridized carbons (Fsp3) is 0. The largest absolute Gasteiger partial charge is 0.347 e. The van der Waals surface area contributed by atoms with Crippen molar-refractivity contribution in [3.8, 4) is 0 Å². The molecule has 0 radical (unpaired) electrons. The molecule has 0 saturated heterocycles. The highest BCUT2D eigenvalue weighted by Gasteiger charge is 2.26. The first-order valence-corrected chi connectivity index (χ1v) is 6.95. The number of benzene rings is 3. The average Bonchev–Trinajstić information content (AvgIpc) is 2.56. The lowest BCUT2D eigenvalue weighted by molar-refractivity contribution is -0.392. The number of nitrogens with one attached hydrogen (secondary N) is 1. The van der Waals surface area contributed by atoms with Gasteiger partial charge in [-0.3, -0.25) is 20.2 Å². The van der Waals surface area contributed by atoms with Crippen LogP contribution in [-0.4, -0.2) is 9.85 Å². The topological polar surface area (TPSA) is 98.3 Å². The lowest BCUT2D eigenvalue weighted by Gasteiger charge is -2.11. The summed E-state index contributed by atoms with van der Waals surface area (Å²) in [5.41, 5.74) is -1.33. The monoisotopic (exact) mass is 345 g/mol. The molecule has 0 bridgehead atoms. The van der Waals surface area contributed by atoms with Crippen molar-refractivity contribution in [2.45, 2.75) is 0 Å². The molecule has 0 atom stereocenters. The Bertz CT molecular complexity index is 1020. The summed E-state index contributed by atoms with van der Waals surface area (Å²) in [5, 5.41) is 25.5. The summed E-state index contributed by atoms with van der Waals surface area (Å²) in [6.07, 6.45) is 0. The normalized spacial score (nSPS) is 10.6.